The molecule has 3 aromatic heterocycles. The van der Waals surface area contributed by atoms with E-state index in [9.17, 15) is 0 Å². The summed E-state index contributed by atoms with van der Waals surface area (Å²) < 4.78 is 9.05. The van der Waals surface area contributed by atoms with Crippen LogP contribution in [0.4, 0.5) is 0 Å². The third kappa shape index (κ3) is 4.82. The van der Waals surface area contributed by atoms with Crippen molar-refractivity contribution in [1.29, 1.82) is 0 Å². The molecule has 0 unspecified atom stereocenters. The van der Waals surface area contributed by atoms with Crippen LogP contribution >= 0.6 is 11.8 Å². The standard InChI is InChI=1S/C17H22N6OS/c1-14-10-20-22(12-14)8-4-3-5-9-25-17-21-19-13-23(17)15-6-7-16(24-2)18-11-15/h6-7,10-13H,3-5,8-9H2,1-2H3. The summed E-state index contributed by atoms with van der Waals surface area (Å²) in [6.07, 6.45) is 10.9. The van der Waals surface area contributed by atoms with Gasteiger partial charge in [-0.2, -0.15) is 5.10 Å². The van der Waals surface area contributed by atoms with E-state index in [2.05, 4.69) is 33.4 Å². The van der Waals surface area contributed by atoms with Gasteiger partial charge >= 0.3 is 0 Å². The van der Waals surface area contributed by atoms with Gasteiger partial charge in [-0.3, -0.25) is 9.25 Å². The van der Waals surface area contributed by atoms with Gasteiger partial charge in [-0.05, 0) is 31.4 Å². The first-order chi connectivity index (χ1) is 12.3. The Bertz CT molecular complexity index is 783. The second-order valence-electron chi connectivity index (χ2n) is 5.73. The SMILES string of the molecule is COc1ccc(-n2cnnc2SCCCCCn2cc(C)cn2)cn1. The molecule has 0 amide bonds. The van der Waals surface area contributed by atoms with Crippen molar-refractivity contribution in [3.63, 3.8) is 0 Å². The van der Waals surface area contributed by atoms with E-state index in [-0.39, 0.29) is 0 Å². The summed E-state index contributed by atoms with van der Waals surface area (Å²) in [6.45, 7) is 3.04. The first-order valence-electron chi connectivity index (χ1n) is 8.28. The van der Waals surface area contributed by atoms with Gasteiger partial charge in [0.1, 0.15) is 6.33 Å². The van der Waals surface area contributed by atoms with Crippen LogP contribution in [0.3, 0.4) is 0 Å². The van der Waals surface area contributed by atoms with Crippen LogP contribution in [0.2, 0.25) is 0 Å². The highest BCUT2D eigenvalue weighted by Crippen LogP contribution is 2.21. The lowest BCUT2D eigenvalue weighted by Gasteiger charge is -2.06. The summed E-state index contributed by atoms with van der Waals surface area (Å²) in [5.74, 6) is 1.61. The van der Waals surface area contributed by atoms with Gasteiger partial charge in [-0.1, -0.05) is 18.2 Å². The molecule has 0 aliphatic rings. The minimum absolute atomic E-state index is 0.596. The molecular formula is C17H22N6OS. The molecule has 0 bridgehead atoms. The van der Waals surface area contributed by atoms with Crippen molar-refractivity contribution >= 4 is 11.8 Å². The van der Waals surface area contributed by atoms with E-state index in [1.807, 2.05) is 27.6 Å². The largest absolute Gasteiger partial charge is 0.481 e. The van der Waals surface area contributed by atoms with E-state index in [1.54, 1.807) is 31.4 Å². The second-order valence-corrected chi connectivity index (χ2v) is 6.79. The molecule has 8 heteroatoms. The number of nitrogens with zero attached hydrogens (tertiary/aromatic N) is 6. The number of hydrogen-bond acceptors (Lipinski definition) is 6. The predicted molar refractivity (Wildman–Crippen MR) is 97.2 cm³/mol. The van der Waals surface area contributed by atoms with Gasteiger partial charge in [0.2, 0.25) is 5.88 Å². The Labute approximate surface area is 151 Å². The van der Waals surface area contributed by atoms with Crippen molar-refractivity contribution in [2.75, 3.05) is 12.9 Å². The molecule has 0 fully saturated rings. The Kier molecular flexibility index (Phi) is 6.05. The number of aryl methyl sites for hydroxylation is 2. The van der Waals surface area contributed by atoms with Gasteiger partial charge in [-0.15, -0.1) is 10.2 Å². The Hall–Kier alpha value is -2.35. The Morgan fingerprint density at radius 2 is 2.08 bits per heavy atom. The van der Waals surface area contributed by atoms with Gasteiger partial charge < -0.3 is 4.74 Å². The molecule has 0 aliphatic heterocycles. The lowest BCUT2D eigenvalue weighted by molar-refractivity contribution is 0.397. The minimum atomic E-state index is 0.596. The number of unbranched alkanes of at least 4 members (excludes halogenated alkanes) is 2. The molecule has 25 heavy (non-hydrogen) atoms. The number of rotatable bonds is 9. The van der Waals surface area contributed by atoms with Crippen molar-refractivity contribution in [2.45, 2.75) is 37.9 Å². The quantitative estimate of drug-likeness (QED) is 0.432. The third-order valence-corrected chi connectivity index (χ3v) is 4.78. The topological polar surface area (TPSA) is 70.7 Å². The number of pyridine rings is 1. The Morgan fingerprint density at radius 3 is 2.80 bits per heavy atom. The highest BCUT2D eigenvalue weighted by Gasteiger charge is 2.07. The normalized spacial score (nSPS) is 11.0. The smallest absolute Gasteiger partial charge is 0.213 e. The molecule has 3 heterocycles. The maximum Gasteiger partial charge on any atom is 0.213 e. The van der Waals surface area contributed by atoms with Crippen LogP contribution in [-0.2, 0) is 6.54 Å². The zero-order chi connectivity index (χ0) is 17.5. The summed E-state index contributed by atoms with van der Waals surface area (Å²) in [6, 6.07) is 3.78. The maximum absolute atomic E-state index is 5.09. The van der Waals surface area contributed by atoms with E-state index >= 15 is 0 Å². The fourth-order valence-electron chi connectivity index (χ4n) is 2.44. The summed E-state index contributed by atoms with van der Waals surface area (Å²) in [5, 5.41) is 13.4. The maximum atomic E-state index is 5.09. The van der Waals surface area contributed by atoms with Crippen molar-refractivity contribution in [2.24, 2.45) is 0 Å². The third-order valence-electron chi connectivity index (χ3n) is 3.75. The fourth-order valence-corrected chi connectivity index (χ4v) is 3.37. The van der Waals surface area contributed by atoms with Gasteiger partial charge in [0.25, 0.3) is 0 Å². The molecule has 3 rings (SSSR count). The molecule has 0 saturated heterocycles. The monoisotopic (exact) mass is 358 g/mol. The second kappa shape index (κ2) is 8.66. The van der Waals surface area contributed by atoms with Crippen LogP contribution in [0.25, 0.3) is 5.69 Å². The zero-order valence-electron chi connectivity index (χ0n) is 14.5. The van der Waals surface area contributed by atoms with Crippen molar-refractivity contribution in [1.82, 2.24) is 29.5 Å². The number of methoxy groups -OCH3 is 1. The van der Waals surface area contributed by atoms with Crippen LogP contribution in [0.15, 0.2) is 42.2 Å². The average molecular weight is 358 g/mol. The number of aromatic nitrogens is 6. The molecule has 0 spiro atoms. The van der Waals surface area contributed by atoms with Crippen LogP contribution in [-0.4, -0.2) is 42.4 Å². The first kappa shape index (κ1) is 17.5. The Balaban J connectivity index is 1.43. The van der Waals surface area contributed by atoms with Crippen molar-refractivity contribution in [3.8, 4) is 11.6 Å². The molecule has 0 radical (unpaired) electrons. The highest BCUT2D eigenvalue weighted by atomic mass is 32.2. The van der Waals surface area contributed by atoms with E-state index in [1.165, 1.54) is 12.0 Å². The van der Waals surface area contributed by atoms with Gasteiger partial charge in [0.15, 0.2) is 5.16 Å². The summed E-state index contributed by atoms with van der Waals surface area (Å²) in [4.78, 5) is 4.23. The van der Waals surface area contributed by atoms with E-state index in [4.69, 9.17) is 4.74 Å². The summed E-state index contributed by atoms with van der Waals surface area (Å²) >= 11 is 1.72. The minimum Gasteiger partial charge on any atom is -0.481 e. The van der Waals surface area contributed by atoms with Gasteiger partial charge in [0, 0.05) is 24.6 Å². The van der Waals surface area contributed by atoms with Gasteiger partial charge in [0.05, 0.1) is 25.2 Å². The molecular weight excluding hydrogens is 336 g/mol. The van der Waals surface area contributed by atoms with E-state index < -0.39 is 0 Å². The molecule has 0 atom stereocenters. The molecule has 7 nitrogen and oxygen atoms in total. The molecule has 0 aliphatic carbocycles. The van der Waals surface area contributed by atoms with Crippen LogP contribution in [0.5, 0.6) is 5.88 Å². The first-order valence-corrected chi connectivity index (χ1v) is 9.27. The highest BCUT2D eigenvalue weighted by molar-refractivity contribution is 7.99. The fraction of sp³-hybridized carbons (Fsp3) is 0.412. The van der Waals surface area contributed by atoms with Crippen molar-refractivity contribution < 1.29 is 4.74 Å². The van der Waals surface area contributed by atoms with E-state index in [0.717, 1.165) is 36.0 Å². The number of ether oxygens (including phenoxy) is 1. The lowest BCUT2D eigenvalue weighted by atomic mass is 10.2. The number of thioether (sulfide) groups is 1. The zero-order valence-corrected chi connectivity index (χ0v) is 15.3. The van der Waals surface area contributed by atoms with Crippen molar-refractivity contribution in [3.05, 3.63) is 42.6 Å². The summed E-state index contributed by atoms with van der Waals surface area (Å²) in [7, 11) is 1.61. The molecule has 3 aromatic rings. The lowest BCUT2D eigenvalue weighted by Crippen LogP contribution is -1.99. The molecule has 0 saturated carbocycles. The summed E-state index contributed by atoms with van der Waals surface area (Å²) in [5.41, 5.74) is 2.14. The molecule has 0 N–H and O–H groups in total. The number of hydrogen-bond donors (Lipinski definition) is 0. The predicted octanol–water partition coefficient (Wildman–Crippen LogP) is 3.14. The molecule has 0 aromatic carbocycles. The van der Waals surface area contributed by atoms with Crippen LogP contribution < -0.4 is 4.74 Å². The van der Waals surface area contributed by atoms with Crippen LogP contribution in [0, 0.1) is 6.92 Å². The van der Waals surface area contributed by atoms with Gasteiger partial charge in [-0.25, -0.2) is 4.98 Å². The van der Waals surface area contributed by atoms with Crippen LogP contribution in [0.1, 0.15) is 24.8 Å². The average Bonchev–Trinajstić information content (AvgIpc) is 3.27. The van der Waals surface area contributed by atoms with E-state index in [0.29, 0.717) is 5.88 Å². The Morgan fingerprint density at radius 1 is 1.16 bits per heavy atom. The molecule has 132 valence electrons.